The number of aromatic nitrogens is 2. The molecule has 1 rings (SSSR count). The van der Waals surface area contributed by atoms with E-state index in [1.807, 2.05) is 13.8 Å². The van der Waals surface area contributed by atoms with E-state index in [1.165, 1.54) is 0 Å². The van der Waals surface area contributed by atoms with Crippen molar-refractivity contribution in [2.45, 2.75) is 20.3 Å². The zero-order valence-electron chi connectivity index (χ0n) is 8.29. The molecule has 0 aliphatic heterocycles. The van der Waals surface area contributed by atoms with Gasteiger partial charge in [0.2, 0.25) is 5.88 Å². The maximum absolute atomic E-state index is 5.47. The summed E-state index contributed by atoms with van der Waals surface area (Å²) in [7, 11) is 1.61. The second-order valence-corrected chi connectivity index (χ2v) is 2.89. The largest absolute Gasteiger partial charge is 0.481 e. The Balaban J connectivity index is 3.11. The van der Waals surface area contributed by atoms with Crippen molar-refractivity contribution in [3.63, 3.8) is 0 Å². The van der Waals surface area contributed by atoms with E-state index >= 15 is 0 Å². The molecular weight excluding hydrogens is 166 g/mol. The number of hydrogen-bond acceptors (Lipinski definition) is 4. The second kappa shape index (κ2) is 4.18. The third-order valence-corrected chi connectivity index (χ3v) is 1.89. The average molecular weight is 181 g/mol. The minimum atomic E-state index is 0.598. The second-order valence-electron chi connectivity index (χ2n) is 2.89. The van der Waals surface area contributed by atoms with Crippen molar-refractivity contribution in [2.75, 3.05) is 13.7 Å². The molecule has 0 radical (unpaired) electrons. The topological polar surface area (TPSA) is 61.0 Å². The lowest BCUT2D eigenvalue weighted by Crippen LogP contribution is -2.09. The van der Waals surface area contributed by atoms with Crippen molar-refractivity contribution < 1.29 is 4.74 Å². The molecule has 13 heavy (non-hydrogen) atoms. The van der Waals surface area contributed by atoms with Crippen LogP contribution in [0.2, 0.25) is 0 Å². The van der Waals surface area contributed by atoms with Crippen LogP contribution in [-0.2, 0) is 6.42 Å². The first-order valence-electron chi connectivity index (χ1n) is 4.27. The molecule has 72 valence electrons. The Morgan fingerprint density at radius 2 is 2.00 bits per heavy atom. The fraction of sp³-hybridized carbons (Fsp3) is 0.556. The first kappa shape index (κ1) is 9.92. The molecule has 0 saturated carbocycles. The van der Waals surface area contributed by atoms with Crippen LogP contribution in [0.25, 0.3) is 0 Å². The Morgan fingerprint density at radius 1 is 1.31 bits per heavy atom. The van der Waals surface area contributed by atoms with E-state index in [1.54, 1.807) is 7.11 Å². The number of ether oxygens (including phenoxy) is 1. The van der Waals surface area contributed by atoms with E-state index in [0.29, 0.717) is 12.4 Å². The minimum absolute atomic E-state index is 0.598. The quantitative estimate of drug-likeness (QED) is 0.742. The van der Waals surface area contributed by atoms with Gasteiger partial charge in [0.25, 0.3) is 0 Å². The van der Waals surface area contributed by atoms with Crippen molar-refractivity contribution in [3.8, 4) is 5.88 Å². The van der Waals surface area contributed by atoms with Gasteiger partial charge >= 0.3 is 0 Å². The summed E-state index contributed by atoms with van der Waals surface area (Å²) in [5, 5.41) is 0. The summed E-state index contributed by atoms with van der Waals surface area (Å²) in [5.74, 6) is 1.38. The van der Waals surface area contributed by atoms with Gasteiger partial charge in [0.15, 0.2) is 0 Å². The minimum Gasteiger partial charge on any atom is -0.481 e. The van der Waals surface area contributed by atoms with Gasteiger partial charge in [-0.25, -0.2) is 4.98 Å². The fourth-order valence-electron chi connectivity index (χ4n) is 1.24. The number of aryl methyl sites for hydroxylation is 1. The molecule has 1 aromatic rings. The summed E-state index contributed by atoms with van der Waals surface area (Å²) in [6, 6.07) is 0. The molecule has 0 atom stereocenters. The van der Waals surface area contributed by atoms with Gasteiger partial charge in [0.1, 0.15) is 5.82 Å². The highest BCUT2D eigenvalue weighted by molar-refractivity contribution is 5.29. The monoisotopic (exact) mass is 181 g/mol. The predicted molar refractivity (Wildman–Crippen MR) is 50.8 cm³/mol. The molecular formula is C9H15N3O. The summed E-state index contributed by atoms with van der Waals surface area (Å²) < 4.78 is 5.12. The maximum Gasteiger partial charge on any atom is 0.219 e. The highest BCUT2D eigenvalue weighted by Crippen LogP contribution is 2.17. The summed E-state index contributed by atoms with van der Waals surface area (Å²) >= 11 is 0. The SMILES string of the molecule is COc1nc(C)nc(CCN)c1C. The Bertz CT molecular complexity index is 299. The van der Waals surface area contributed by atoms with Gasteiger partial charge < -0.3 is 10.5 Å². The lowest BCUT2D eigenvalue weighted by molar-refractivity contribution is 0.391. The van der Waals surface area contributed by atoms with Crippen molar-refractivity contribution in [3.05, 3.63) is 17.1 Å². The number of nitrogens with zero attached hydrogens (tertiary/aromatic N) is 2. The van der Waals surface area contributed by atoms with Gasteiger partial charge in [-0.1, -0.05) is 0 Å². The Labute approximate surface area is 78.1 Å². The number of methoxy groups -OCH3 is 1. The van der Waals surface area contributed by atoms with E-state index < -0.39 is 0 Å². The van der Waals surface area contributed by atoms with Crippen molar-refractivity contribution >= 4 is 0 Å². The van der Waals surface area contributed by atoms with Crippen LogP contribution >= 0.6 is 0 Å². The number of nitrogens with two attached hydrogens (primary N) is 1. The molecule has 0 saturated heterocycles. The maximum atomic E-state index is 5.47. The molecule has 0 aromatic carbocycles. The molecule has 1 heterocycles. The van der Waals surface area contributed by atoms with Gasteiger partial charge in [-0.3, -0.25) is 0 Å². The predicted octanol–water partition coefficient (Wildman–Crippen LogP) is 0.603. The standard InChI is InChI=1S/C9H15N3O/c1-6-8(4-5-10)11-7(2)12-9(6)13-3/h4-5,10H2,1-3H3. The van der Waals surface area contributed by atoms with Gasteiger partial charge in [0, 0.05) is 12.0 Å². The molecule has 0 fully saturated rings. The smallest absolute Gasteiger partial charge is 0.219 e. The Kier molecular flexibility index (Phi) is 3.19. The van der Waals surface area contributed by atoms with Crippen LogP contribution < -0.4 is 10.5 Å². The van der Waals surface area contributed by atoms with Crippen LogP contribution in [-0.4, -0.2) is 23.6 Å². The summed E-state index contributed by atoms with van der Waals surface area (Å²) in [6.45, 7) is 4.39. The molecule has 1 aromatic heterocycles. The van der Waals surface area contributed by atoms with E-state index in [4.69, 9.17) is 10.5 Å². The normalized spacial score (nSPS) is 10.2. The third kappa shape index (κ3) is 2.15. The van der Waals surface area contributed by atoms with Crippen LogP contribution in [0.1, 0.15) is 17.1 Å². The number of rotatable bonds is 3. The third-order valence-electron chi connectivity index (χ3n) is 1.89. The highest BCUT2D eigenvalue weighted by atomic mass is 16.5. The fourth-order valence-corrected chi connectivity index (χ4v) is 1.24. The molecule has 0 bridgehead atoms. The van der Waals surface area contributed by atoms with Crippen molar-refractivity contribution in [2.24, 2.45) is 5.73 Å². The lowest BCUT2D eigenvalue weighted by Gasteiger charge is -2.08. The van der Waals surface area contributed by atoms with Crippen LogP contribution in [0.3, 0.4) is 0 Å². The van der Waals surface area contributed by atoms with Gasteiger partial charge in [-0.05, 0) is 20.4 Å². The molecule has 0 spiro atoms. The molecule has 2 N–H and O–H groups in total. The van der Waals surface area contributed by atoms with Gasteiger partial charge in [-0.2, -0.15) is 4.98 Å². The van der Waals surface area contributed by atoms with Crippen LogP contribution in [0.4, 0.5) is 0 Å². The zero-order chi connectivity index (χ0) is 9.84. The lowest BCUT2D eigenvalue weighted by atomic mass is 10.2. The van der Waals surface area contributed by atoms with E-state index in [2.05, 4.69) is 9.97 Å². The highest BCUT2D eigenvalue weighted by Gasteiger charge is 2.07. The molecule has 4 nitrogen and oxygen atoms in total. The number of hydrogen-bond donors (Lipinski definition) is 1. The first-order valence-corrected chi connectivity index (χ1v) is 4.27. The van der Waals surface area contributed by atoms with Crippen molar-refractivity contribution in [1.82, 2.24) is 9.97 Å². The summed E-state index contributed by atoms with van der Waals surface area (Å²) in [6.07, 6.45) is 0.769. The molecule has 0 aliphatic rings. The molecule has 0 aliphatic carbocycles. The average Bonchev–Trinajstić information content (AvgIpc) is 2.11. The van der Waals surface area contributed by atoms with Gasteiger partial charge in [0.05, 0.1) is 12.8 Å². The van der Waals surface area contributed by atoms with Crippen LogP contribution in [0.15, 0.2) is 0 Å². The van der Waals surface area contributed by atoms with Crippen LogP contribution in [0, 0.1) is 13.8 Å². The summed E-state index contributed by atoms with van der Waals surface area (Å²) in [4.78, 5) is 8.46. The van der Waals surface area contributed by atoms with E-state index in [-0.39, 0.29) is 0 Å². The Hall–Kier alpha value is -1.16. The zero-order valence-corrected chi connectivity index (χ0v) is 8.29. The molecule has 0 unspecified atom stereocenters. The summed E-state index contributed by atoms with van der Waals surface area (Å²) in [5.41, 5.74) is 7.43. The van der Waals surface area contributed by atoms with Gasteiger partial charge in [-0.15, -0.1) is 0 Å². The molecule has 4 heteroatoms. The molecule has 0 amide bonds. The van der Waals surface area contributed by atoms with E-state index in [0.717, 1.165) is 23.5 Å². The van der Waals surface area contributed by atoms with E-state index in [9.17, 15) is 0 Å². The first-order chi connectivity index (χ1) is 6.19. The van der Waals surface area contributed by atoms with Crippen molar-refractivity contribution in [1.29, 1.82) is 0 Å². The van der Waals surface area contributed by atoms with Crippen LogP contribution in [0.5, 0.6) is 5.88 Å². The Morgan fingerprint density at radius 3 is 2.54 bits per heavy atom.